The summed E-state index contributed by atoms with van der Waals surface area (Å²) in [5.41, 5.74) is 0.264. The van der Waals surface area contributed by atoms with E-state index in [1.54, 1.807) is 23.5 Å². The average Bonchev–Trinajstić information content (AvgIpc) is 2.75. The van der Waals surface area contributed by atoms with E-state index in [1.807, 2.05) is 12.1 Å². The van der Waals surface area contributed by atoms with E-state index < -0.39 is 0 Å². The molecule has 0 aliphatic heterocycles. The van der Waals surface area contributed by atoms with Crippen LogP contribution in [-0.4, -0.2) is 11.0 Å². The van der Waals surface area contributed by atoms with Crippen LogP contribution in [0.5, 0.6) is 5.75 Å². The minimum absolute atomic E-state index is 0.0249. The molecule has 18 heavy (non-hydrogen) atoms. The van der Waals surface area contributed by atoms with E-state index in [9.17, 15) is 9.90 Å². The Bertz CT molecular complexity index is 583. The van der Waals surface area contributed by atoms with Crippen molar-refractivity contribution in [2.45, 2.75) is 6.54 Å². The van der Waals surface area contributed by atoms with Gasteiger partial charge in [-0.05, 0) is 46.3 Å². The van der Waals surface area contributed by atoms with Gasteiger partial charge in [-0.15, -0.1) is 11.3 Å². The van der Waals surface area contributed by atoms with Crippen LogP contribution in [0.2, 0.25) is 0 Å². The van der Waals surface area contributed by atoms with Crippen molar-refractivity contribution in [2.24, 2.45) is 0 Å². The first-order valence-electron chi connectivity index (χ1n) is 5.07. The van der Waals surface area contributed by atoms with Crippen LogP contribution in [0.25, 0.3) is 0 Å². The van der Waals surface area contributed by atoms with Crippen molar-refractivity contribution in [2.75, 3.05) is 0 Å². The molecule has 0 aliphatic rings. The summed E-state index contributed by atoms with van der Waals surface area (Å²) in [5.74, 6) is -0.318. The number of rotatable bonds is 3. The second-order valence-corrected chi connectivity index (χ2v) is 7.01. The van der Waals surface area contributed by atoms with Crippen molar-refractivity contribution >= 4 is 49.1 Å². The van der Waals surface area contributed by atoms with Crippen molar-refractivity contribution in [3.63, 3.8) is 0 Å². The van der Waals surface area contributed by atoms with Crippen LogP contribution in [0.1, 0.15) is 15.2 Å². The normalized spacial score (nSPS) is 10.3. The minimum Gasteiger partial charge on any atom is -0.507 e. The van der Waals surface area contributed by atoms with Crippen LogP contribution >= 0.6 is 43.2 Å². The highest BCUT2D eigenvalue weighted by Crippen LogP contribution is 2.23. The fourth-order valence-electron chi connectivity index (χ4n) is 1.40. The van der Waals surface area contributed by atoms with Gasteiger partial charge in [0.2, 0.25) is 0 Å². The summed E-state index contributed by atoms with van der Waals surface area (Å²) in [6, 6.07) is 8.64. The molecule has 1 aromatic carbocycles. The number of benzene rings is 1. The maximum absolute atomic E-state index is 11.9. The van der Waals surface area contributed by atoms with Crippen LogP contribution < -0.4 is 5.32 Å². The summed E-state index contributed by atoms with van der Waals surface area (Å²) in [7, 11) is 0. The standard InChI is InChI=1S/C12H9Br2NO2S/c13-7-1-3-10(16)9(5-7)12(17)15-6-8-2-4-11(14)18-8/h1-5,16H,6H2,(H,15,17). The number of carbonyl (C=O) groups excluding carboxylic acids is 1. The van der Waals surface area contributed by atoms with Crippen molar-refractivity contribution in [1.82, 2.24) is 5.32 Å². The van der Waals surface area contributed by atoms with E-state index in [4.69, 9.17) is 0 Å². The minimum atomic E-state index is -0.293. The Morgan fingerprint density at radius 1 is 1.28 bits per heavy atom. The van der Waals surface area contributed by atoms with Crippen LogP contribution in [-0.2, 0) is 6.54 Å². The van der Waals surface area contributed by atoms with Crippen molar-refractivity contribution in [3.05, 3.63) is 49.0 Å². The number of carbonyl (C=O) groups is 1. The molecule has 1 aromatic heterocycles. The molecule has 0 saturated heterocycles. The molecule has 2 aromatic rings. The summed E-state index contributed by atoms with van der Waals surface area (Å²) in [4.78, 5) is 12.9. The Kier molecular flexibility index (Phi) is 4.42. The molecule has 0 spiro atoms. The van der Waals surface area contributed by atoms with Crippen molar-refractivity contribution < 1.29 is 9.90 Å². The first kappa shape index (κ1) is 13.6. The summed E-state index contributed by atoms with van der Waals surface area (Å²) in [6.45, 7) is 0.445. The highest BCUT2D eigenvalue weighted by molar-refractivity contribution is 9.11. The van der Waals surface area contributed by atoms with Gasteiger partial charge in [0.15, 0.2) is 0 Å². The predicted molar refractivity (Wildman–Crippen MR) is 79.0 cm³/mol. The van der Waals surface area contributed by atoms with E-state index in [2.05, 4.69) is 37.2 Å². The maximum Gasteiger partial charge on any atom is 0.255 e. The molecule has 1 amide bonds. The summed E-state index contributed by atoms with van der Waals surface area (Å²) in [5, 5.41) is 12.4. The van der Waals surface area contributed by atoms with E-state index >= 15 is 0 Å². The summed E-state index contributed by atoms with van der Waals surface area (Å²) < 4.78 is 1.78. The van der Waals surface area contributed by atoms with Gasteiger partial charge in [0.25, 0.3) is 5.91 Å². The number of hydrogen-bond acceptors (Lipinski definition) is 3. The first-order chi connectivity index (χ1) is 8.56. The zero-order valence-electron chi connectivity index (χ0n) is 9.11. The van der Waals surface area contributed by atoms with E-state index in [-0.39, 0.29) is 17.2 Å². The highest BCUT2D eigenvalue weighted by Gasteiger charge is 2.11. The molecular weight excluding hydrogens is 382 g/mol. The number of phenols is 1. The van der Waals surface area contributed by atoms with E-state index in [0.29, 0.717) is 6.54 Å². The second kappa shape index (κ2) is 5.86. The fraction of sp³-hybridized carbons (Fsp3) is 0.0833. The zero-order chi connectivity index (χ0) is 13.1. The zero-order valence-corrected chi connectivity index (χ0v) is 13.1. The van der Waals surface area contributed by atoms with Gasteiger partial charge in [0, 0.05) is 9.35 Å². The number of halogens is 2. The van der Waals surface area contributed by atoms with Crippen LogP contribution in [0.4, 0.5) is 0 Å². The monoisotopic (exact) mass is 389 g/mol. The molecule has 0 atom stereocenters. The molecule has 0 unspecified atom stereocenters. The van der Waals surface area contributed by atoms with E-state index in [0.717, 1.165) is 13.1 Å². The predicted octanol–water partition coefficient (Wildman–Crippen LogP) is 3.91. The third-order valence-electron chi connectivity index (χ3n) is 2.26. The molecule has 2 rings (SSSR count). The molecule has 0 radical (unpaired) electrons. The molecule has 2 N–H and O–H groups in total. The lowest BCUT2D eigenvalue weighted by atomic mass is 10.2. The van der Waals surface area contributed by atoms with Crippen LogP contribution in [0.3, 0.4) is 0 Å². The number of hydrogen-bond donors (Lipinski definition) is 2. The summed E-state index contributed by atoms with van der Waals surface area (Å²) >= 11 is 8.20. The lowest BCUT2D eigenvalue weighted by Gasteiger charge is -2.06. The number of aromatic hydroxyl groups is 1. The van der Waals surface area contributed by atoms with Gasteiger partial charge in [-0.3, -0.25) is 4.79 Å². The van der Waals surface area contributed by atoms with Gasteiger partial charge >= 0.3 is 0 Å². The molecule has 0 bridgehead atoms. The third kappa shape index (κ3) is 3.34. The number of phenolic OH excluding ortho intramolecular Hbond substituents is 1. The molecule has 3 nitrogen and oxygen atoms in total. The lowest BCUT2D eigenvalue weighted by Crippen LogP contribution is -2.22. The van der Waals surface area contributed by atoms with Gasteiger partial charge in [-0.25, -0.2) is 0 Å². The van der Waals surface area contributed by atoms with Gasteiger partial charge in [0.05, 0.1) is 15.9 Å². The van der Waals surface area contributed by atoms with Gasteiger partial charge in [0.1, 0.15) is 5.75 Å². The van der Waals surface area contributed by atoms with Gasteiger partial charge < -0.3 is 10.4 Å². The third-order valence-corrected chi connectivity index (χ3v) is 4.37. The number of amides is 1. The molecule has 0 saturated carbocycles. The average molecular weight is 391 g/mol. The first-order valence-corrected chi connectivity index (χ1v) is 7.47. The molecule has 94 valence electrons. The quantitative estimate of drug-likeness (QED) is 0.834. The number of nitrogens with one attached hydrogen (secondary N) is 1. The van der Waals surface area contributed by atoms with Gasteiger partial charge in [-0.2, -0.15) is 0 Å². The summed E-state index contributed by atoms with van der Waals surface area (Å²) in [6.07, 6.45) is 0. The molecule has 0 aliphatic carbocycles. The van der Waals surface area contributed by atoms with Crippen molar-refractivity contribution in [1.29, 1.82) is 0 Å². The second-order valence-electron chi connectivity index (χ2n) is 3.55. The van der Waals surface area contributed by atoms with Crippen molar-refractivity contribution in [3.8, 4) is 5.75 Å². The molecular formula is C12H9Br2NO2S. The smallest absolute Gasteiger partial charge is 0.255 e. The Morgan fingerprint density at radius 2 is 2.06 bits per heavy atom. The van der Waals surface area contributed by atoms with E-state index in [1.165, 1.54) is 6.07 Å². The Morgan fingerprint density at radius 3 is 2.72 bits per heavy atom. The highest BCUT2D eigenvalue weighted by atomic mass is 79.9. The molecule has 6 heteroatoms. The largest absolute Gasteiger partial charge is 0.507 e. The van der Waals surface area contributed by atoms with Crippen LogP contribution in [0, 0.1) is 0 Å². The number of thiophene rings is 1. The Hall–Kier alpha value is -0.850. The SMILES string of the molecule is O=C(NCc1ccc(Br)s1)c1cc(Br)ccc1O. The fourth-order valence-corrected chi connectivity index (χ4v) is 3.18. The van der Waals surface area contributed by atoms with Gasteiger partial charge in [-0.1, -0.05) is 15.9 Å². The maximum atomic E-state index is 11.9. The Labute approximate surface area is 125 Å². The molecule has 0 fully saturated rings. The Balaban J connectivity index is 2.05. The lowest BCUT2D eigenvalue weighted by molar-refractivity contribution is 0.0948. The topological polar surface area (TPSA) is 49.3 Å². The molecule has 1 heterocycles. The van der Waals surface area contributed by atoms with Crippen LogP contribution in [0.15, 0.2) is 38.6 Å².